The topological polar surface area (TPSA) is 107 Å². The predicted octanol–water partition coefficient (Wildman–Crippen LogP) is 1.24. The quantitative estimate of drug-likeness (QED) is 0.789. The number of aryl methyl sites for hydroxylation is 1. The second-order valence-electron chi connectivity index (χ2n) is 6.38. The normalized spacial score (nSPS) is 17.3. The van der Waals surface area contributed by atoms with E-state index >= 15 is 0 Å². The Balaban J connectivity index is 1.73. The molecule has 0 radical (unpaired) electrons. The van der Waals surface area contributed by atoms with Crippen LogP contribution in [0.4, 0.5) is 0 Å². The first-order valence-electron chi connectivity index (χ1n) is 8.55. The van der Waals surface area contributed by atoms with Crippen molar-refractivity contribution in [2.75, 3.05) is 12.3 Å². The van der Waals surface area contributed by atoms with Crippen LogP contribution in [0.3, 0.4) is 0 Å². The Morgan fingerprint density at radius 3 is 2.88 bits per heavy atom. The summed E-state index contributed by atoms with van der Waals surface area (Å²) in [7, 11) is 0. The molecule has 0 bridgehead atoms. The smallest absolute Gasteiger partial charge is 0.240 e. The first-order valence-corrected chi connectivity index (χ1v) is 9.54. The lowest BCUT2D eigenvalue weighted by atomic mass is 10.0. The van der Waals surface area contributed by atoms with Gasteiger partial charge in [-0.2, -0.15) is 4.68 Å². The van der Waals surface area contributed by atoms with Crippen LogP contribution in [0, 0.1) is 13.8 Å². The summed E-state index contributed by atoms with van der Waals surface area (Å²) < 4.78 is 1.64. The van der Waals surface area contributed by atoms with Gasteiger partial charge in [0.05, 0.1) is 11.4 Å². The zero-order valence-corrected chi connectivity index (χ0v) is 15.7. The maximum atomic E-state index is 12.6. The highest BCUT2D eigenvalue weighted by Crippen LogP contribution is 2.24. The van der Waals surface area contributed by atoms with Gasteiger partial charge in [0.15, 0.2) is 0 Å². The fourth-order valence-corrected chi connectivity index (χ4v) is 3.89. The van der Waals surface area contributed by atoms with E-state index in [2.05, 4.69) is 15.5 Å². The summed E-state index contributed by atoms with van der Waals surface area (Å²) in [5.74, 6) is -0.396. The van der Waals surface area contributed by atoms with Gasteiger partial charge in [-0.1, -0.05) is 23.9 Å². The van der Waals surface area contributed by atoms with E-state index in [4.69, 9.17) is 5.73 Å². The number of hydrogen-bond donors (Lipinski definition) is 1. The van der Waals surface area contributed by atoms with Crippen LogP contribution in [0.5, 0.6) is 0 Å². The van der Waals surface area contributed by atoms with Crippen LogP contribution in [0.1, 0.15) is 30.4 Å². The van der Waals surface area contributed by atoms with E-state index < -0.39 is 11.9 Å². The molecule has 0 aliphatic carbocycles. The lowest BCUT2D eigenvalue weighted by molar-refractivity contribution is -0.138. The van der Waals surface area contributed by atoms with Crippen LogP contribution in [0.2, 0.25) is 0 Å². The van der Waals surface area contributed by atoms with Gasteiger partial charge in [0.2, 0.25) is 17.0 Å². The molecular weight excluding hydrogens is 352 g/mol. The summed E-state index contributed by atoms with van der Waals surface area (Å²) in [6, 6.07) is 5.41. The Morgan fingerprint density at radius 2 is 2.12 bits per heavy atom. The van der Waals surface area contributed by atoms with Crippen molar-refractivity contribution in [3.05, 3.63) is 29.3 Å². The van der Waals surface area contributed by atoms with Gasteiger partial charge in [-0.15, -0.1) is 5.10 Å². The largest absolute Gasteiger partial charge is 0.368 e. The van der Waals surface area contributed by atoms with E-state index in [0.717, 1.165) is 29.7 Å². The highest BCUT2D eigenvalue weighted by Gasteiger charge is 2.30. The Morgan fingerprint density at radius 1 is 1.31 bits per heavy atom. The number of rotatable bonds is 5. The second kappa shape index (κ2) is 7.86. The number of carbonyl (C=O) groups excluding carboxylic acids is 2. The molecule has 9 heteroatoms. The van der Waals surface area contributed by atoms with E-state index in [1.807, 2.05) is 32.0 Å². The lowest BCUT2D eigenvalue weighted by Gasteiger charge is -2.33. The number of piperidine rings is 1. The van der Waals surface area contributed by atoms with Gasteiger partial charge >= 0.3 is 0 Å². The third-order valence-corrected chi connectivity index (χ3v) is 5.63. The predicted molar refractivity (Wildman–Crippen MR) is 97.9 cm³/mol. The summed E-state index contributed by atoms with van der Waals surface area (Å²) >= 11 is 1.26. The van der Waals surface area contributed by atoms with E-state index in [0.29, 0.717) is 18.1 Å². The highest BCUT2D eigenvalue weighted by molar-refractivity contribution is 7.99. The van der Waals surface area contributed by atoms with Crippen molar-refractivity contribution in [2.45, 2.75) is 44.3 Å². The van der Waals surface area contributed by atoms with Crippen molar-refractivity contribution in [3.63, 3.8) is 0 Å². The molecule has 26 heavy (non-hydrogen) atoms. The molecule has 8 nitrogen and oxygen atoms in total. The van der Waals surface area contributed by atoms with E-state index in [9.17, 15) is 9.59 Å². The van der Waals surface area contributed by atoms with Crippen LogP contribution in [-0.4, -0.2) is 55.3 Å². The van der Waals surface area contributed by atoms with Crippen molar-refractivity contribution in [3.8, 4) is 5.69 Å². The summed E-state index contributed by atoms with van der Waals surface area (Å²) in [6.07, 6.45) is 2.43. The SMILES string of the molecule is Cc1cccc(-n2nnnc2SCC(=O)N2CCCC[C@@H]2C(N)=O)c1C. The maximum absolute atomic E-state index is 12.6. The molecule has 138 valence electrons. The van der Waals surface area contributed by atoms with Gasteiger partial charge in [0, 0.05) is 6.54 Å². The number of amides is 2. The fourth-order valence-electron chi connectivity index (χ4n) is 3.12. The number of carbonyl (C=O) groups is 2. The van der Waals surface area contributed by atoms with Crippen LogP contribution in [0.15, 0.2) is 23.4 Å². The summed E-state index contributed by atoms with van der Waals surface area (Å²) in [5.41, 5.74) is 8.55. The van der Waals surface area contributed by atoms with E-state index in [1.54, 1.807) is 9.58 Å². The van der Waals surface area contributed by atoms with Crippen molar-refractivity contribution in [1.82, 2.24) is 25.1 Å². The monoisotopic (exact) mass is 374 g/mol. The molecule has 1 fully saturated rings. The molecule has 0 unspecified atom stereocenters. The average Bonchev–Trinajstić information content (AvgIpc) is 3.10. The Hall–Kier alpha value is -2.42. The van der Waals surface area contributed by atoms with Crippen molar-refractivity contribution in [2.24, 2.45) is 5.73 Å². The second-order valence-corrected chi connectivity index (χ2v) is 7.32. The third kappa shape index (κ3) is 3.72. The minimum atomic E-state index is -0.508. The Bertz CT molecular complexity index is 821. The number of benzene rings is 1. The molecule has 2 N–H and O–H groups in total. The molecule has 1 aromatic carbocycles. The number of tetrazole rings is 1. The van der Waals surface area contributed by atoms with Crippen molar-refractivity contribution >= 4 is 23.6 Å². The van der Waals surface area contributed by atoms with Gasteiger partial charge in [-0.3, -0.25) is 9.59 Å². The highest BCUT2D eigenvalue weighted by atomic mass is 32.2. The van der Waals surface area contributed by atoms with E-state index in [-0.39, 0.29) is 11.7 Å². The number of primary amides is 1. The molecule has 1 aliphatic heterocycles. The van der Waals surface area contributed by atoms with Crippen LogP contribution in [0.25, 0.3) is 5.69 Å². The maximum Gasteiger partial charge on any atom is 0.240 e. The number of aromatic nitrogens is 4. The van der Waals surface area contributed by atoms with Crippen LogP contribution in [-0.2, 0) is 9.59 Å². The fraction of sp³-hybridized carbons (Fsp3) is 0.471. The van der Waals surface area contributed by atoms with E-state index in [1.165, 1.54) is 11.8 Å². The molecule has 3 rings (SSSR count). The zero-order valence-electron chi connectivity index (χ0n) is 14.9. The van der Waals surface area contributed by atoms with Gasteiger partial charge in [0.25, 0.3) is 0 Å². The molecule has 0 spiro atoms. The minimum absolute atomic E-state index is 0.117. The van der Waals surface area contributed by atoms with Crippen molar-refractivity contribution < 1.29 is 9.59 Å². The summed E-state index contributed by atoms with van der Waals surface area (Å²) in [5, 5.41) is 12.4. The Labute approximate surface area is 156 Å². The molecule has 2 heterocycles. The first kappa shape index (κ1) is 18.4. The summed E-state index contributed by atoms with van der Waals surface area (Å²) in [4.78, 5) is 25.8. The van der Waals surface area contributed by atoms with Gasteiger partial charge in [0.1, 0.15) is 6.04 Å². The number of nitrogens with two attached hydrogens (primary N) is 1. The van der Waals surface area contributed by atoms with Crippen LogP contribution >= 0.6 is 11.8 Å². The number of nitrogens with zero attached hydrogens (tertiary/aromatic N) is 5. The zero-order chi connectivity index (χ0) is 18.7. The lowest BCUT2D eigenvalue weighted by Crippen LogP contribution is -2.51. The molecule has 1 saturated heterocycles. The summed E-state index contributed by atoms with van der Waals surface area (Å²) in [6.45, 7) is 4.60. The number of likely N-dealkylation sites (tertiary alicyclic amines) is 1. The number of thioether (sulfide) groups is 1. The third-order valence-electron chi connectivity index (χ3n) is 4.72. The average molecular weight is 374 g/mol. The molecule has 1 atom stereocenters. The standard InChI is InChI=1S/C17H22N6O2S/c1-11-6-5-8-13(12(11)2)23-17(19-20-21-23)26-10-15(24)22-9-4-3-7-14(22)16(18)25/h5-6,8,14H,3-4,7,9-10H2,1-2H3,(H2,18,25)/t14-/m1/s1. The van der Waals surface area contributed by atoms with Gasteiger partial charge in [-0.05, 0) is 60.7 Å². The van der Waals surface area contributed by atoms with Crippen LogP contribution < -0.4 is 5.73 Å². The van der Waals surface area contributed by atoms with Gasteiger partial charge in [-0.25, -0.2) is 0 Å². The minimum Gasteiger partial charge on any atom is -0.368 e. The molecule has 2 aromatic rings. The molecule has 1 aromatic heterocycles. The first-order chi connectivity index (χ1) is 12.5. The molecule has 0 saturated carbocycles. The number of hydrogen-bond acceptors (Lipinski definition) is 6. The molecule has 2 amide bonds. The van der Waals surface area contributed by atoms with Gasteiger partial charge < -0.3 is 10.6 Å². The molecule has 1 aliphatic rings. The Kier molecular flexibility index (Phi) is 5.55. The molecular formula is C17H22N6O2S. The van der Waals surface area contributed by atoms with Crippen molar-refractivity contribution in [1.29, 1.82) is 0 Å².